The van der Waals surface area contributed by atoms with E-state index in [-0.39, 0.29) is 17.7 Å². The van der Waals surface area contributed by atoms with Gasteiger partial charge in [0.05, 0.1) is 11.4 Å². The minimum absolute atomic E-state index is 0.0271. The minimum atomic E-state index is -0.303. The van der Waals surface area contributed by atoms with Crippen LogP contribution in [0.4, 0.5) is 16.2 Å². The molecule has 1 aliphatic rings. The Hall–Kier alpha value is -3.02. The molecule has 0 saturated heterocycles. The molecule has 0 fully saturated rings. The first kappa shape index (κ1) is 16.8. The summed E-state index contributed by atoms with van der Waals surface area (Å²) in [5.74, 6) is 0.197. The molecule has 2 aromatic rings. The summed E-state index contributed by atoms with van der Waals surface area (Å²) in [6.07, 6.45) is 1.47. The number of nitrogens with zero attached hydrogens (tertiary/aromatic N) is 1. The van der Waals surface area contributed by atoms with Crippen molar-refractivity contribution in [2.75, 3.05) is 23.3 Å². The molecule has 1 aliphatic heterocycles. The number of amides is 3. The Morgan fingerprint density at radius 2 is 1.92 bits per heavy atom. The summed E-state index contributed by atoms with van der Waals surface area (Å²) < 4.78 is 0. The Bertz CT molecular complexity index is 787. The number of hydrogen-bond donors (Lipinski definition) is 3. The lowest BCUT2D eigenvalue weighted by molar-refractivity contribution is -0.116. The van der Waals surface area contributed by atoms with E-state index < -0.39 is 0 Å². The molecule has 6 nitrogen and oxygen atoms in total. The van der Waals surface area contributed by atoms with Gasteiger partial charge in [-0.05, 0) is 42.2 Å². The van der Waals surface area contributed by atoms with E-state index in [1.54, 1.807) is 23.1 Å². The number of carbonyl (C=O) groups is 2. The maximum absolute atomic E-state index is 12.2. The standard InChI is InChI=1S/C19H21N3O3/c1-13(23)22-12-10-15-3-2-4-17(18(15)22)21-19(25)20-11-9-14-5-7-16(24)8-6-14/h2-8,24H,9-12H2,1H3,(H2,20,21,25). The number of aromatic hydroxyl groups is 1. The number of para-hydroxylation sites is 1. The van der Waals surface area contributed by atoms with E-state index in [2.05, 4.69) is 10.6 Å². The zero-order valence-corrected chi connectivity index (χ0v) is 14.1. The fourth-order valence-electron chi connectivity index (χ4n) is 3.02. The molecule has 3 amide bonds. The predicted octanol–water partition coefficient (Wildman–Crippen LogP) is 2.67. The fraction of sp³-hybridized carbons (Fsp3) is 0.263. The number of urea groups is 1. The average molecular weight is 339 g/mol. The molecule has 2 aromatic carbocycles. The fourth-order valence-corrected chi connectivity index (χ4v) is 3.02. The molecule has 130 valence electrons. The quantitative estimate of drug-likeness (QED) is 0.801. The van der Waals surface area contributed by atoms with Crippen molar-refractivity contribution in [3.8, 4) is 5.75 Å². The van der Waals surface area contributed by atoms with Crippen molar-refractivity contribution >= 4 is 23.3 Å². The van der Waals surface area contributed by atoms with Gasteiger partial charge in [-0.1, -0.05) is 24.3 Å². The van der Waals surface area contributed by atoms with Crippen LogP contribution >= 0.6 is 0 Å². The predicted molar refractivity (Wildman–Crippen MR) is 97.0 cm³/mol. The number of carbonyl (C=O) groups excluding carboxylic acids is 2. The average Bonchev–Trinajstić information content (AvgIpc) is 3.02. The van der Waals surface area contributed by atoms with E-state index in [1.807, 2.05) is 24.3 Å². The zero-order valence-electron chi connectivity index (χ0n) is 14.1. The molecule has 1 heterocycles. The second-order valence-corrected chi connectivity index (χ2v) is 6.03. The topological polar surface area (TPSA) is 81.7 Å². The Balaban J connectivity index is 1.59. The molecule has 3 rings (SSSR count). The Kier molecular flexibility index (Phi) is 4.88. The molecule has 0 bridgehead atoms. The lowest BCUT2D eigenvalue weighted by atomic mass is 10.1. The van der Waals surface area contributed by atoms with Crippen molar-refractivity contribution in [2.24, 2.45) is 0 Å². The van der Waals surface area contributed by atoms with Gasteiger partial charge in [0.1, 0.15) is 5.75 Å². The van der Waals surface area contributed by atoms with E-state index in [0.29, 0.717) is 25.2 Å². The molecular weight excluding hydrogens is 318 g/mol. The van der Waals surface area contributed by atoms with Crippen molar-refractivity contribution in [3.63, 3.8) is 0 Å². The molecule has 25 heavy (non-hydrogen) atoms. The van der Waals surface area contributed by atoms with Crippen molar-refractivity contribution < 1.29 is 14.7 Å². The number of benzene rings is 2. The van der Waals surface area contributed by atoms with Crippen molar-refractivity contribution in [3.05, 3.63) is 53.6 Å². The maximum Gasteiger partial charge on any atom is 0.319 e. The Morgan fingerprint density at radius 1 is 1.16 bits per heavy atom. The number of rotatable bonds is 4. The number of phenolic OH excluding ortho intramolecular Hbond substituents is 1. The van der Waals surface area contributed by atoms with Crippen LogP contribution in [0.1, 0.15) is 18.1 Å². The third-order valence-electron chi connectivity index (χ3n) is 4.26. The second-order valence-electron chi connectivity index (χ2n) is 6.03. The van der Waals surface area contributed by atoms with Gasteiger partial charge in [-0.15, -0.1) is 0 Å². The lowest BCUT2D eigenvalue weighted by Gasteiger charge is -2.19. The van der Waals surface area contributed by atoms with E-state index in [9.17, 15) is 14.7 Å². The molecule has 6 heteroatoms. The van der Waals surface area contributed by atoms with E-state index in [1.165, 1.54) is 6.92 Å². The number of nitrogens with one attached hydrogen (secondary N) is 2. The summed E-state index contributed by atoms with van der Waals surface area (Å²) in [6, 6.07) is 12.3. The largest absolute Gasteiger partial charge is 0.508 e. The monoisotopic (exact) mass is 339 g/mol. The van der Waals surface area contributed by atoms with E-state index in [4.69, 9.17) is 0 Å². The van der Waals surface area contributed by atoms with Gasteiger partial charge < -0.3 is 20.6 Å². The Labute approximate surface area is 146 Å². The van der Waals surface area contributed by atoms with Crippen LogP contribution in [0.3, 0.4) is 0 Å². The molecule has 0 unspecified atom stereocenters. The van der Waals surface area contributed by atoms with Crippen LogP contribution in [0.2, 0.25) is 0 Å². The summed E-state index contributed by atoms with van der Waals surface area (Å²) in [7, 11) is 0. The third kappa shape index (κ3) is 3.91. The van der Waals surface area contributed by atoms with Gasteiger partial charge in [0, 0.05) is 20.0 Å². The SMILES string of the molecule is CC(=O)N1CCc2cccc(NC(=O)NCCc3ccc(O)cc3)c21. The van der Waals surface area contributed by atoms with Crippen molar-refractivity contribution in [1.29, 1.82) is 0 Å². The highest BCUT2D eigenvalue weighted by Gasteiger charge is 2.25. The van der Waals surface area contributed by atoms with Crippen LogP contribution in [-0.4, -0.2) is 30.1 Å². The normalized spacial score (nSPS) is 12.6. The first-order chi connectivity index (χ1) is 12.0. The van der Waals surface area contributed by atoms with Gasteiger partial charge in [0.15, 0.2) is 0 Å². The van der Waals surface area contributed by atoms with Crippen LogP contribution in [0.15, 0.2) is 42.5 Å². The maximum atomic E-state index is 12.2. The van der Waals surface area contributed by atoms with Gasteiger partial charge in [0.2, 0.25) is 5.91 Å². The molecule has 0 atom stereocenters. The molecule has 0 aliphatic carbocycles. The highest BCUT2D eigenvalue weighted by Crippen LogP contribution is 2.35. The molecule has 0 aromatic heterocycles. The smallest absolute Gasteiger partial charge is 0.319 e. The van der Waals surface area contributed by atoms with Gasteiger partial charge >= 0.3 is 6.03 Å². The lowest BCUT2D eigenvalue weighted by Crippen LogP contribution is -2.32. The molecule has 0 saturated carbocycles. The third-order valence-corrected chi connectivity index (χ3v) is 4.26. The first-order valence-corrected chi connectivity index (χ1v) is 8.27. The van der Waals surface area contributed by atoms with Gasteiger partial charge in [-0.3, -0.25) is 4.79 Å². The van der Waals surface area contributed by atoms with Crippen LogP contribution in [0.25, 0.3) is 0 Å². The highest BCUT2D eigenvalue weighted by atomic mass is 16.3. The van der Waals surface area contributed by atoms with Crippen molar-refractivity contribution in [2.45, 2.75) is 19.8 Å². The van der Waals surface area contributed by atoms with Crippen LogP contribution < -0.4 is 15.5 Å². The van der Waals surface area contributed by atoms with Gasteiger partial charge in [0.25, 0.3) is 0 Å². The summed E-state index contributed by atoms with van der Waals surface area (Å²) in [5.41, 5.74) is 3.54. The number of phenols is 1. The highest BCUT2D eigenvalue weighted by molar-refractivity contribution is 6.01. The first-order valence-electron chi connectivity index (χ1n) is 8.27. The van der Waals surface area contributed by atoms with E-state index >= 15 is 0 Å². The van der Waals surface area contributed by atoms with Crippen LogP contribution in [0, 0.1) is 0 Å². The minimum Gasteiger partial charge on any atom is -0.508 e. The van der Waals surface area contributed by atoms with E-state index in [0.717, 1.165) is 23.2 Å². The summed E-state index contributed by atoms with van der Waals surface area (Å²) in [5, 5.41) is 14.9. The number of fused-ring (bicyclic) bond motifs is 1. The number of anilines is 2. The number of hydrogen-bond acceptors (Lipinski definition) is 3. The van der Waals surface area contributed by atoms with Crippen molar-refractivity contribution in [1.82, 2.24) is 5.32 Å². The second kappa shape index (κ2) is 7.25. The molecule has 0 spiro atoms. The zero-order chi connectivity index (χ0) is 17.8. The molecule has 0 radical (unpaired) electrons. The van der Waals surface area contributed by atoms with Gasteiger partial charge in [-0.25, -0.2) is 4.79 Å². The molecule has 3 N–H and O–H groups in total. The summed E-state index contributed by atoms with van der Waals surface area (Å²) in [6.45, 7) is 2.65. The van der Waals surface area contributed by atoms with Crippen LogP contribution in [-0.2, 0) is 17.6 Å². The Morgan fingerprint density at radius 3 is 2.64 bits per heavy atom. The van der Waals surface area contributed by atoms with Crippen LogP contribution in [0.5, 0.6) is 5.75 Å². The van der Waals surface area contributed by atoms with Gasteiger partial charge in [-0.2, -0.15) is 0 Å². The summed E-state index contributed by atoms with van der Waals surface area (Å²) >= 11 is 0. The molecular formula is C19H21N3O3. The summed E-state index contributed by atoms with van der Waals surface area (Å²) in [4.78, 5) is 25.6.